The zero-order valence-electron chi connectivity index (χ0n) is 16.8. The third-order valence-corrected chi connectivity index (χ3v) is 6.50. The number of nitrogens with one attached hydrogen (secondary N) is 2. The zero-order chi connectivity index (χ0) is 21.5. The summed E-state index contributed by atoms with van der Waals surface area (Å²) in [6.45, 7) is 2.39. The van der Waals surface area contributed by atoms with Gasteiger partial charge in [0.05, 0.1) is 10.4 Å². The highest BCUT2D eigenvalue weighted by molar-refractivity contribution is 6.30. The van der Waals surface area contributed by atoms with E-state index >= 15 is 0 Å². The molecule has 0 aromatic heterocycles. The van der Waals surface area contributed by atoms with Gasteiger partial charge in [0.25, 0.3) is 5.91 Å². The van der Waals surface area contributed by atoms with Gasteiger partial charge >= 0.3 is 0 Å². The van der Waals surface area contributed by atoms with Crippen molar-refractivity contribution < 1.29 is 18.7 Å². The van der Waals surface area contributed by atoms with Crippen molar-refractivity contribution in [1.29, 1.82) is 0 Å². The van der Waals surface area contributed by atoms with Crippen LogP contribution in [0, 0.1) is 11.2 Å². The molecule has 0 saturated heterocycles. The van der Waals surface area contributed by atoms with E-state index in [0.717, 1.165) is 18.1 Å². The Bertz CT molecular complexity index is 951. The van der Waals surface area contributed by atoms with Crippen LogP contribution in [0.1, 0.15) is 39.0 Å². The Hall–Kier alpha value is -2.34. The molecule has 2 bridgehead atoms. The summed E-state index contributed by atoms with van der Waals surface area (Å²) < 4.78 is 18.7. The van der Waals surface area contributed by atoms with Crippen LogP contribution >= 0.6 is 11.6 Å². The molecular formula is C22H25ClFN3O3. The number of halogens is 2. The Balaban J connectivity index is 1.14. The van der Waals surface area contributed by atoms with Gasteiger partial charge < -0.3 is 21.1 Å². The Morgan fingerprint density at radius 1 is 1.37 bits per heavy atom. The summed E-state index contributed by atoms with van der Waals surface area (Å²) in [5, 5.41) is 5.93. The lowest BCUT2D eigenvalue weighted by atomic mass is 9.39. The van der Waals surface area contributed by atoms with Crippen LogP contribution in [0.25, 0.3) is 0 Å². The van der Waals surface area contributed by atoms with Crippen LogP contribution in [-0.4, -0.2) is 36.5 Å². The van der Waals surface area contributed by atoms with E-state index in [1.54, 1.807) is 0 Å². The first-order valence-corrected chi connectivity index (χ1v) is 10.6. The molecule has 4 aliphatic rings. The summed E-state index contributed by atoms with van der Waals surface area (Å²) in [7, 11) is 0. The minimum Gasteiger partial charge on any atom is -0.484 e. The third-order valence-electron chi connectivity index (χ3n) is 6.19. The molecule has 1 atom stereocenters. The highest BCUT2D eigenvalue weighted by Crippen LogP contribution is 2.67. The van der Waals surface area contributed by atoms with E-state index in [0.29, 0.717) is 32.2 Å². The number of amides is 2. The lowest BCUT2D eigenvalue weighted by molar-refractivity contribution is -0.183. The van der Waals surface area contributed by atoms with Crippen molar-refractivity contribution in [3.63, 3.8) is 0 Å². The molecule has 8 heteroatoms. The van der Waals surface area contributed by atoms with Crippen molar-refractivity contribution in [2.45, 2.75) is 50.6 Å². The van der Waals surface area contributed by atoms with Gasteiger partial charge in [-0.3, -0.25) is 9.59 Å². The fourth-order valence-electron chi connectivity index (χ4n) is 4.61. The van der Waals surface area contributed by atoms with Gasteiger partial charge in [-0.05, 0) is 44.2 Å². The average Bonchev–Trinajstić information content (AvgIpc) is 3.44. The normalized spacial score (nSPS) is 26.4. The van der Waals surface area contributed by atoms with Crippen LogP contribution in [-0.2, 0) is 9.59 Å². The summed E-state index contributed by atoms with van der Waals surface area (Å²) in [5.41, 5.74) is 10.9. The molecule has 0 radical (unpaired) electrons. The lowest BCUT2D eigenvalue weighted by Gasteiger charge is -2.69. The van der Waals surface area contributed by atoms with E-state index in [9.17, 15) is 14.0 Å². The number of hydrogen-bond donors (Lipinski definition) is 3. The summed E-state index contributed by atoms with van der Waals surface area (Å²) in [6.07, 6.45) is 3.54. The molecule has 0 heterocycles. The third kappa shape index (κ3) is 3.97. The van der Waals surface area contributed by atoms with Crippen LogP contribution in [0.15, 0.2) is 35.1 Å². The molecule has 30 heavy (non-hydrogen) atoms. The van der Waals surface area contributed by atoms with Gasteiger partial charge in [-0.1, -0.05) is 18.5 Å². The molecule has 0 spiro atoms. The predicted molar refractivity (Wildman–Crippen MR) is 110 cm³/mol. The molecule has 3 fully saturated rings. The summed E-state index contributed by atoms with van der Waals surface area (Å²) in [4.78, 5) is 24.7. The Morgan fingerprint density at radius 3 is 2.73 bits per heavy atom. The maximum Gasteiger partial charge on any atom is 0.258 e. The van der Waals surface area contributed by atoms with Gasteiger partial charge in [0, 0.05) is 35.3 Å². The highest BCUT2D eigenvalue weighted by Gasteiger charge is 2.72. The van der Waals surface area contributed by atoms with Crippen LogP contribution in [0.2, 0.25) is 5.02 Å². The van der Waals surface area contributed by atoms with Crippen LogP contribution in [0.5, 0.6) is 5.75 Å². The number of hydrogen-bond acceptors (Lipinski definition) is 4. The Labute approximate surface area is 179 Å². The zero-order valence-corrected chi connectivity index (χ0v) is 17.6. The van der Waals surface area contributed by atoms with E-state index in [2.05, 4.69) is 23.3 Å². The number of benzene rings is 1. The number of nitrogens with two attached hydrogens (primary N) is 1. The molecule has 2 amide bonds. The molecule has 0 aliphatic heterocycles. The van der Waals surface area contributed by atoms with Gasteiger partial charge in [-0.25, -0.2) is 4.39 Å². The van der Waals surface area contributed by atoms with Crippen molar-refractivity contribution in [3.8, 4) is 5.75 Å². The molecule has 5 rings (SSSR count). The number of ether oxygens (including phenoxy) is 1. The second-order valence-electron chi connectivity index (χ2n) is 8.53. The highest BCUT2D eigenvalue weighted by atomic mass is 35.5. The topological polar surface area (TPSA) is 93.5 Å². The molecule has 6 nitrogen and oxygen atoms in total. The molecule has 4 N–H and O–H groups in total. The van der Waals surface area contributed by atoms with Crippen molar-refractivity contribution in [1.82, 2.24) is 10.6 Å². The molecule has 1 unspecified atom stereocenters. The lowest BCUT2D eigenvalue weighted by Crippen LogP contribution is -2.78. The fraction of sp³-hybridized carbons (Fsp3) is 0.500. The standard InChI is InChI=1S/C22H25ClFN3O3/c1-2-13-7-15(13)18(25)5-6-26-20(29)21-10-22(11-21,12-21)27-19(28)9-30-14-3-4-16(23)17(24)8-14/h3-4,8,18H,2,5-6,9-12,25H2,1H3,(H,26,29)(H,27,28). The first-order valence-electron chi connectivity index (χ1n) is 10.2. The molecule has 1 aromatic carbocycles. The molecule has 160 valence electrons. The number of carbonyl (C=O) groups is 2. The van der Waals surface area contributed by atoms with E-state index in [1.165, 1.54) is 17.7 Å². The molecule has 4 aliphatic carbocycles. The Morgan fingerprint density at radius 2 is 2.10 bits per heavy atom. The predicted octanol–water partition coefficient (Wildman–Crippen LogP) is 2.61. The summed E-state index contributed by atoms with van der Waals surface area (Å²) in [6, 6.07) is 3.96. The maximum absolute atomic E-state index is 13.4. The maximum atomic E-state index is 13.4. The van der Waals surface area contributed by atoms with Gasteiger partial charge in [-0.15, -0.1) is 5.73 Å². The average molecular weight is 434 g/mol. The summed E-state index contributed by atoms with van der Waals surface area (Å²) >= 11 is 5.62. The SMILES string of the molecule is CCC1=C=C1C(N)CCNC(=O)C12CC(NC(=O)COc3ccc(Cl)c(F)c3)(C1)C2. The Kier molecular flexibility index (Phi) is 5.39. The van der Waals surface area contributed by atoms with Crippen LogP contribution in [0.3, 0.4) is 0 Å². The summed E-state index contributed by atoms with van der Waals surface area (Å²) in [5.74, 6) is -0.616. The van der Waals surface area contributed by atoms with Crippen molar-refractivity contribution in [2.75, 3.05) is 13.2 Å². The minimum atomic E-state index is -0.598. The van der Waals surface area contributed by atoms with Crippen LogP contribution in [0.4, 0.5) is 4.39 Å². The first-order chi connectivity index (χ1) is 14.3. The largest absolute Gasteiger partial charge is 0.484 e. The first kappa shape index (κ1) is 20.9. The molecule has 3 saturated carbocycles. The van der Waals surface area contributed by atoms with Gasteiger partial charge in [-0.2, -0.15) is 0 Å². The van der Waals surface area contributed by atoms with Gasteiger partial charge in [0.2, 0.25) is 5.91 Å². The minimum absolute atomic E-state index is 0.00164. The fourth-order valence-corrected chi connectivity index (χ4v) is 4.73. The number of rotatable bonds is 10. The van der Waals surface area contributed by atoms with Crippen LogP contribution < -0.4 is 21.1 Å². The smallest absolute Gasteiger partial charge is 0.258 e. The second-order valence-corrected chi connectivity index (χ2v) is 8.93. The van der Waals surface area contributed by atoms with E-state index in [1.807, 2.05) is 0 Å². The quantitative estimate of drug-likeness (QED) is 0.494. The van der Waals surface area contributed by atoms with E-state index in [4.69, 9.17) is 22.1 Å². The van der Waals surface area contributed by atoms with Crippen molar-refractivity contribution >= 4 is 23.4 Å². The van der Waals surface area contributed by atoms with Crippen molar-refractivity contribution in [3.05, 3.63) is 45.9 Å². The monoisotopic (exact) mass is 433 g/mol. The van der Waals surface area contributed by atoms with Crippen molar-refractivity contribution in [2.24, 2.45) is 11.1 Å². The van der Waals surface area contributed by atoms with E-state index < -0.39 is 5.82 Å². The molecular weight excluding hydrogens is 409 g/mol. The second kappa shape index (κ2) is 7.73. The number of carbonyl (C=O) groups excluding carboxylic acids is 2. The van der Waals surface area contributed by atoms with Gasteiger partial charge in [0.1, 0.15) is 11.6 Å². The molecule has 1 aromatic rings. The van der Waals surface area contributed by atoms with E-state index in [-0.39, 0.29) is 46.2 Å². The van der Waals surface area contributed by atoms with Gasteiger partial charge in [0.15, 0.2) is 6.61 Å².